The van der Waals surface area contributed by atoms with Gasteiger partial charge in [0.05, 0.1) is 6.61 Å². The van der Waals surface area contributed by atoms with Crippen molar-refractivity contribution < 1.29 is 9.53 Å². The third-order valence-corrected chi connectivity index (χ3v) is 3.53. The summed E-state index contributed by atoms with van der Waals surface area (Å²) >= 11 is 9.41. The van der Waals surface area contributed by atoms with Gasteiger partial charge in [-0.25, -0.2) is 0 Å². The summed E-state index contributed by atoms with van der Waals surface area (Å²) in [5.41, 5.74) is 0.886. The van der Waals surface area contributed by atoms with Crippen molar-refractivity contribution >= 4 is 45.8 Å². The first-order valence-electron chi connectivity index (χ1n) is 5.71. The molecule has 1 atom stereocenters. The van der Waals surface area contributed by atoms with Crippen LogP contribution in [0, 0.1) is 0 Å². The van der Waals surface area contributed by atoms with Crippen molar-refractivity contribution in [2.45, 2.75) is 12.6 Å². The zero-order chi connectivity index (χ0) is 13.0. The van der Waals surface area contributed by atoms with Crippen LogP contribution in [-0.4, -0.2) is 31.7 Å². The Kier molecular flexibility index (Phi) is 7.10. The quantitative estimate of drug-likeness (QED) is 0.858. The van der Waals surface area contributed by atoms with Gasteiger partial charge in [0.1, 0.15) is 6.10 Å². The van der Waals surface area contributed by atoms with Gasteiger partial charge in [-0.2, -0.15) is 0 Å². The minimum Gasteiger partial charge on any atom is -0.366 e. The van der Waals surface area contributed by atoms with E-state index in [2.05, 4.69) is 26.6 Å². The van der Waals surface area contributed by atoms with E-state index in [0.717, 1.165) is 16.6 Å². The first-order valence-corrected chi connectivity index (χ1v) is 6.88. The molecule has 1 aliphatic rings. The van der Waals surface area contributed by atoms with Crippen molar-refractivity contribution in [3.63, 3.8) is 0 Å². The summed E-state index contributed by atoms with van der Waals surface area (Å²) in [6.45, 7) is 2.32. The number of benzene rings is 1. The predicted molar refractivity (Wildman–Crippen MR) is 80.9 cm³/mol. The lowest BCUT2D eigenvalue weighted by molar-refractivity contribution is -0.134. The van der Waals surface area contributed by atoms with Crippen LogP contribution in [0.3, 0.4) is 0 Å². The lowest BCUT2D eigenvalue weighted by atomic mass is 10.2. The average molecular weight is 370 g/mol. The molecule has 0 spiro atoms. The van der Waals surface area contributed by atoms with Crippen LogP contribution in [0.4, 0.5) is 0 Å². The van der Waals surface area contributed by atoms with E-state index < -0.39 is 6.10 Å². The van der Waals surface area contributed by atoms with Crippen LogP contribution < -0.4 is 10.6 Å². The van der Waals surface area contributed by atoms with E-state index in [1.165, 1.54) is 0 Å². The molecule has 0 aliphatic carbocycles. The third-order valence-electron chi connectivity index (χ3n) is 2.69. The van der Waals surface area contributed by atoms with Gasteiger partial charge in [-0.15, -0.1) is 12.4 Å². The average Bonchev–Trinajstić information content (AvgIpc) is 2.38. The largest absolute Gasteiger partial charge is 0.366 e. The normalized spacial score (nSPS) is 18.5. The summed E-state index contributed by atoms with van der Waals surface area (Å²) in [5, 5.41) is 6.57. The van der Waals surface area contributed by atoms with Crippen molar-refractivity contribution in [3.8, 4) is 0 Å². The Bertz CT molecular complexity index is 440. The van der Waals surface area contributed by atoms with E-state index in [1.807, 2.05) is 18.2 Å². The van der Waals surface area contributed by atoms with E-state index in [-0.39, 0.29) is 18.3 Å². The second kappa shape index (κ2) is 8.07. The maximum Gasteiger partial charge on any atom is 0.250 e. The Morgan fingerprint density at radius 3 is 3.00 bits per heavy atom. The minimum absolute atomic E-state index is 0. The van der Waals surface area contributed by atoms with Crippen molar-refractivity contribution in [1.29, 1.82) is 0 Å². The van der Waals surface area contributed by atoms with Gasteiger partial charge in [0, 0.05) is 29.1 Å². The number of amides is 1. The van der Waals surface area contributed by atoms with E-state index >= 15 is 0 Å². The van der Waals surface area contributed by atoms with E-state index in [9.17, 15) is 4.79 Å². The fourth-order valence-corrected chi connectivity index (χ4v) is 2.44. The van der Waals surface area contributed by atoms with Crippen LogP contribution in [0.25, 0.3) is 0 Å². The fourth-order valence-electron chi connectivity index (χ4n) is 1.70. The minimum atomic E-state index is -0.409. The summed E-state index contributed by atoms with van der Waals surface area (Å²) in [6.07, 6.45) is -0.409. The summed E-state index contributed by atoms with van der Waals surface area (Å²) in [6, 6.07) is 5.58. The topological polar surface area (TPSA) is 50.4 Å². The SMILES string of the molecule is Cl.O=C(NCc1ccc(Br)cc1Cl)C1CNCCO1. The van der Waals surface area contributed by atoms with Crippen molar-refractivity contribution in [2.24, 2.45) is 0 Å². The number of carbonyl (C=O) groups is 1. The van der Waals surface area contributed by atoms with Crippen LogP contribution in [0.15, 0.2) is 22.7 Å². The molecule has 1 aliphatic heterocycles. The van der Waals surface area contributed by atoms with Crippen LogP contribution >= 0.6 is 39.9 Å². The molecule has 2 N–H and O–H groups in total. The molecule has 1 saturated heterocycles. The number of morpholine rings is 1. The third kappa shape index (κ3) is 4.93. The number of ether oxygens (including phenoxy) is 1. The van der Waals surface area contributed by atoms with Crippen LogP contribution in [0.5, 0.6) is 0 Å². The van der Waals surface area contributed by atoms with E-state index in [4.69, 9.17) is 16.3 Å². The van der Waals surface area contributed by atoms with E-state index in [1.54, 1.807) is 0 Å². The molecule has 1 fully saturated rings. The predicted octanol–water partition coefficient (Wildman–Crippen LogP) is 2.13. The van der Waals surface area contributed by atoms with Crippen molar-refractivity contribution in [2.75, 3.05) is 19.7 Å². The molecule has 0 aromatic heterocycles. The van der Waals surface area contributed by atoms with Gasteiger partial charge >= 0.3 is 0 Å². The molecule has 1 heterocycles. The molecule has 1 aromatic rings. The Labute approximate surface area is 131 Å². The zero-order valence-electron chi connectivity index (χ0n) is 10.1. The maximum absolute atomic E-state index is 11.8. The highest BCUT2D eigenvalue weighted by atomic mass is 79.9. The Balaban J connectivity index is 0.00000180. The Morgan fingerprint density at radius 1 is 1.58 bits per heavy atom. The summed E-state index contributed by atoms with van der Waals surface area (Å²) in [7, 11) is 0. The number of rotatable bonds is 3. The Morgan fingerprint density at radius 2 is 2.37 bits per heavy atom. The molecule has 7 heteroatoms. The first-order chi connectivity index (χ1) is 8.66. The second-order valence-corrected chi connectivity index (χ2v) is 5.34. The summed E-state index contributed by atoms with van der Waals surface area (Å²) < 4.78 is 6.28. The van der Waals surface area contributed by atoms with Crippen LogP contribution in [-0.2, 0) is 16.1 Å². The van der Waals surface area contributed by atoms with Crippen molar-refractivity contribution in [3.05, 3.63) is 33.3 Å². The van der Waals surface area contributed by atoms with Gasteiger partial charge in [-0.3, -0.25) is 4.79 Å². The van der Waals surface area contributed by atoms with Gasteiger partial charge in [0.25, 0.3) is 5.91 Å². The molecule has 1 amide bonds. The van der Waals surface area contributed by atoms with Gasteiger partial charge < -0.3 is 15.4 Å². The smallest absolute Gasteiger partial charge is 0.250 e. The highest BCUT2D eigenvalue weighted by molar-refractivity contribution is 9.10. The zero-order valence-corrected chi connectivity index (χ0v) is 13.3. The lowest BCUT2D eigenvalue weighted by Gasteiger charge is -2.22. The van der Waals surface area contributed by atoms with Gasteiger partial charge in [-0.05, 0) is 17.7 Å². The lowest BCUT2D eigenvalue weighted by Crippen LogP contribution is -2.47. The van der Waals surface area contributed by atoms with Crippen LogP contribution in [0.1, 0.15) is 5.56 Å². The number of hydrogen-bond donors (Lipinski definition) is 2. The number of hydrogen-bond acceptors (Lipinski definition) is 3. The van der Waals surface area contributed by atoms with Gasteiger partial charge in [0.2, 0.25) is 0 Å². The molecule has 1 unspecified atom stereocenters. The highest BCUT2D eigenvalue weighted by Gasteiger charge is 2.21. The molecular weight excluding hydrogens is 355 g/mol. The second-order valence-electron chi connectivity index (χ2n) is 4.02. The molecule has 0 bridgehead atoms. The summed E-state index contributed by atoms with van der Waals surface area (Å²) in [4.78, 5) is 11.8. The standard InChI is InChI=1S/C12H14BrClN2O2.ClH/c13-9-2-1-8(10(14)5-9)6-16-12(17)11-7-15-3-4-18-11;/h1-2,5,11,15H,3-4,6-7H2,(H,16,17);1H. The maximum atomic E-state index is 11.8. The molecule has 0 radical (unpaired) electrons. The fraction of sp³-hybridized carbons (Fsp3) is 0.417. The monoisotopic (exact) mass is 368 g/mol. The van der Waals surface area contributed by atoms with Gasteiger partial charge in [-0.1, -0.05) is 33.6 Å². The van der Waals surface area contributed by atoms with E-state index in [0.29, 0.717) is 24.7 Å². The number of carbonyl (C=O) groups excluding carboxylic acids is 1. The van der Waals surface area contributed by atoms with Gasteiger partial charge in [0.15, 0.2) is 0 Å². The molecule has 2 rings (SSSR count). The molecule has 106 valence electrons. The molecule has 4 nitrogen and oxygen atoms in total. The summed E-state index contributed by atoms with van der Waals surface area (Å²) in [5.74, 6) is -0.110. The van der Waals surface area contributed by atoms with Crippen molar-refractivity contribution in [1.82, 2.24) is 10.6 Å². The number of nitrogens with one attached hydrogen (secondary N) is 2. The molecule has 0 saturated carbocycles. The van der Waals surface area contributed by atoms with Crippen LogP contribution in [0.2, 0.25) is 5.02 Å². The Hall–Kier alpha value is -0.330. The first kappa shape index (κ1) is 16.7. The molecule has 19 heavy (non-hydrogen) atoms. The number of halogens is 3. The molecular formula is C12H15BrCl2N2O2. The molecule has 1 aromatic carbocycles. The highest BCUT2D eigenvalue weighted by Crippen LogP contribution is 2.21.